The number of aromatic nitrogens is 1. The Morgan fingerprint density at radius 1 is 1.65 bits per heavy atom. The van der Waals surface area contributed by atoms with Crippen LogP contribution in [0.4, 0.5) is 0 Å². The van der Waals surface area contributed by atoms with E-state index in [1.54, 1.807) is 0 Å². The van der Waals surface area contributed by atoms with Crippen molar-refractivity contribution in [2.24, 2.45) is 0 Å². The third kappa shape index (κ3) is 2.12. The van der Waals surface area contributed by atoms with Gasteiger partial charge in [-0.05, 0) is 38.7 Å². The molecule has 1 aliphatic rings. The van der Waals surface area contributed by atoms with Gasteiger partial charge in [-0.15, -0.1) is 6.42 Å². The topological polar surface area (TPSA) is 25.2 Å². The Morgan fingerprint density at radius 3 is 3.06 bits per heavy atom. The SMILES string of the molecule is C#CC(CCC)n1c(C)cc2c1CCCC2O. The molecular weight excluding hydrogens is 210 g/mol. The maximum absolute atomic E-state index is 10.0. The third-order valence-corrected chi connectivity index (χ3v) is 3.68. The van der Waals surface area contributed by atoms with Crippen molar-refractivity contribution in [1.29, 1.82) is 0 Å². The number of hydrogen-bond donors (Lipinski definition) is 1. The van der Waals surface area contributed by atoms with Crippen LogP contribution in [0.25, 0.3) is 0 Å². The second-order valence-corrected chi connectivity index (χ2v) is 4.94. The minimum atomic E-state index is -0.293. The van der Waals surface area contributed by atoms with Crippen molar-refractivity contribution in [3.63, 3.8) is 0 Å². The third-order valence-electron chi connectivity index (χ3n) is 3.68. The Balaban J connectivity index is 2.44. The summed E-state index contributed by atoms with van der Waals surface area (Å²) in [6, 6.07) is 2.26. The number of nitrogens with zero attached hydrogens (tertiary/aromatic N) is 1. The minimum absolute atomic E-state index is 0.147. The van der Waals surface area contributed by atoms with Gasteiger partial charge in [0.25, 0.3) is 0 Å². The van der Waals surface area contributed by atoms with E-state index in [-0.39, 0.29) is 12.1 Å². The van der Waals surface area contributed by atoms with Crippen LogP contribution in [0.15, 0.2) is 6.07 Å². The zero-order valence-corrected chi connectivity index (χ0v) is 10.7. The highest BCUT2D eigenvalue weighted by Crippen LogP contribution is 2.34. The molecule has 0 saturated heterocycles. The summed E-state index contributed by atoms with van der Waals surface area (Å²) in [6.45, 7) is 4.25. The Bertz CT molecular complexity index is 439. The van der Waals surface area contributed by atoms with Crippen LogP contribution >= 0.6 is 0 Å². The Morgan fingerprint density at radius 2 is 2.41 bits per heavy atom. The number of aryl methyl sites for hydroxylation is 1. The standard InChI is InChI=1S/C15H21NO/c1-4-7-12(5-2)16-11(3)10-13-14(16)8-6-9-15(13)17/h2,10,12,15,17H,4,6-9H2,1,3H3. The van der Waals surface area contributed by atoms with E-state index in [0.717, 1.165) is 37.7 Å². The lowest BCUT2D eigenvalue weighted by atomic mass is 9.95. The van der Waals surface area contributed by atoms with Crippen LogP contribution in [-0.4, -0.2) is 9.67 Å². The van der Waals surface area contributed by atoms with Gasteiger partial charge in [-0.3, -0.25) is 0 Å². The molecule has 0 saturated carbocycles. The molecule has 1 aliphatic carbocycles. The van der Waals surface area contributed by atoms with Crippen LogP contribution in [0.3, 0.4) is 0 Å². The van der Waals surface area contributed by atoms with E-state index in [9.17, 15) is 5.11 Å². The molecule has 17 heavy (non-hydrogen) atoms. The molecular formula is C15H21NO. The Kier molecular flexibility index (Phi) is 3.59. The first-order chi connectivity index (χ1) is 8.19. The molecule has 0 fully saturated rings. The van der Waals surface area contributed by atoms with Crippen LogP contribution in [0, 0.1) is 19.3 Å². The summed E-state index contributed by atoms with van der Waals surface area (Å²) in [5, 5.41) is 10.0. The molecule has 0 aromatic carbocycles. The Labute approximate surface area is 104 Å². The van der Waals surface area contributed by atoms with Gasteiger partial charge in [0.2, 0.25) is 0 Å². The molecule has 0 bridgehead atoms. The van der Waals surface area contributed by atoms with Crippen molar-refractivity contribution in [3.05, 3.63) is 23.0 Å². The molecule has 0 aliphatic heterocycles. The number of aliphatic hydroxyl groups excluding tert-OH is 1. The first kappa shape index (κ1) is 12.3. The first-order valence-electron chi connectivity index (χ1n) is 6.53. The molecule has 2 unspecified atom stereocenters. The van der Waals surface area contributed by atoms with Gasteiger partial charge in [0, 0.05) is 17.0 Å². The molecule has 0 amide bonds. The molecule has 2 heteroatoms. The quantitative estimate of drug-likeness (QED) is 0.794. The van der Waals surface area contributed by atoms with Crippen molar-refractivity contribution < 1.29 is 5.11 Å². The lowest BCUT2D eigenvalue weighted by Gasteiger charge is -2.23. The summed E-state index contributed by atoms with van der Waals surface area (Å²) in [7, 11) is 0. The molecule has 0 spiro atoms. The van der Waals surface area contributed by atoms with Gasteiger partial charge in [-0.2, -0.15) is 0 Å². The summed E-state index contributed by atoms with van der Waals surface area (Å²) in [6.07, 6.45) is 10.4. The van der Waals surface area contributed by atoms with E-state index in [0.29, 0.717) is 0 Å². The summed E-state index contributed by atoms with van der Waals surface area (Å²) >= 11 is 0. The van der Waals surface area contributed by atoms with Gasteiger partial charge in [0.05, 0.1) is 12.1 Å². The average Bonchev–Trinajstić information content (AvgIpc) is 2.64. The van der Waals surface area contributed by atoms with E-state index < -0.39 is 0 Å². The summed E-state index contributed by atoms with van der Waals surface area (Å²) in [5.74, 6) is 2.89. The molecule has 92 valence electrons. The van der Waals surface area contributed by atoms with Gasteiger partial charge in [-0.25, -0.2) is 0 Å². The van der Waals surface area contributed by atoms with Crippen LogP contribution in [0.2, 0.25) is 0 Å². The molecule has 0 radical (unpaired) electrons. The number of fused-ring (bicyclic) bond motifs is 1. The molecule has 2 rings (SSSR count). The second kappa shape index (κ2) is 4.98. The highest BCUT2D eigenvalue weighted by molar-refractivity contribution is 5.33. The number of terminal acetylenes is 1. The smallest absolute Gasteiger partial charge is 0.0943 e. The molecule has 1 N–H and O–H groups in total. The van der Waals surface area contributed by atoms with Gasteiger partial charge in [0.1, 0.15) is 0 Å². The van der Waals surface area contributed by atoms with Crippen LogP contribution < -0.4 is 0 Å². The van der Waals surface area contributed by atoms with Crippen LogP contribution in [-0.2, 0) is 6.42 Å². The number of rotatable bonds is 3. The van der Waals surface area contributed by atoms with E-state index in [2.05, 4.69) is 30.4 Å². The van der Waals surface area contributed by atoms with E-state index in [1.807, 2.05) is 0 Å². The summed E-state index contributed by atoms with van der Waals surface area (Å²) < 4.78 is 2.27. The average molecular weight is 231 g/mol. The highest BCUT2D eigenvalue weighted by atomic mass is 16.3. The lowest BCUT2D eigenvalue weighted by Crippen LogP contribution is -2.16. The van der Waals surface area contributed by atoms with Gasteiger partial charge in [0.15, 0.2) is 0 Å². The van der Waals surface area contributed by atoms with Crippen molar-refractivity contribution in [1.82, 2.24) is 4.57 Å². The molecule has 2 nitrogen and oxygen atoms in total. The summed E-state index contributed by atoms with van der Waals surface area (Å²) in [5.41, 5.74) is 3.55. The highest BCUT2D eigenvalue weighted by Gasteiger charge is 2.25. The fraction of sp³-hybridized carbons (Fsp3) is 0.600. The number of hydrogen-bond acceptors (Lipinski definition) is 1. The monoisotopic (exact) mass is 231 g/mol. The fourth-order valence-electron chi connectivity index (χ4n) is 2.90. The molecule has 2 atom stereocenters. The van der Waals surface area contributed by atoms with E-state index in [1.165, 1.54) is 11.4 Å². The minimum Gasteiger partial charge on any atom is -0.388 e. The zero-order chi connectivity index (χ0) is 12.4. The lowest BCUT2D eigenvalue weighted by molar-refractivity contribution is 0.155. The van der Waals surface area contributed by atoms with E-state index in [4.69, 9.17) is 6.42 Å². The normalized spacial score (nSPS) is 20.7. The second-order valence-electron chi connectivity index (χ2n) is 4.94. The maximum atomic E-state index is 10.0. The predicted octanol–water partition coefficient (Wildman–Crippen LogP) is 3.14. The van der Waals surface area contributed by atoms with Crippen molar-refractivity contribution in [2.75, 3.05) is 0 Å². The maximum Gasteiger partial charge on any atom is 0.0943 e. The van der Waals surface area contributed by atoms with Crippen molar-refractivity contribution in [2.45, 2.75) is 58.1 Å². The van der Waals surface area contributed by atoms with Crippen LogP contribution in [0.1, 0.15) is 61.7 Å². The zero-order valence-electron chi connectivity index (χ0n) is 10.7. The fourth-order valence-corrected chi connectivity index (χ4v) is 2.90. The van der Waals surface area contributed by atoms with Gasteiger partial charge >= 0.3 is 0 Å². The van der Waals surface area contributed by atoms with E-state index >= 15 is 0 Å². The molecule has 1 heterocycles. The van der Waals surface area contributed by atoms with Crippen LogP contribution in [0.5, 0.6) is 0 Å². The van der Waals surface area contributed by atoms with Gasteiger partial charge < -0.3 is 9.67 Å². The summed E-state index contributed by atoms with van der Waals surface area (Å²) in [4.78, 5) is 0. The predicted molar refractivity (Wildman–Crippen MR) is 69.8 cm³/mol. The number of aliphatic hydroxyl groups is 1. The molecule has 1 aromatic rings. The largest absolute Gasteiger partial charge is 0.388 e. The first-order valence-corrected chi connectivity index (χ1v) is 6.53. The van der Waals surface area contributed by atoms with Crippen molar-refractivity contribution in [3.8, 4) is 12.3 Å². The van der Waals surface area contributed by atoms with Gasteiger partial charge in [-0.1, -0.05) is 19.3 Å². The van der Waals surface area contributed by atoms with Crippen molar-refractivity contribution >= 4 is 0 Å². The Hall–Kier alpha value is -1.20. The molecule has 1 aromatic heterocycles.